The van der Waals surface area contributed by atoms with Gasteiger partial charge in [-0.3, -0.25) is 4.79 Å². The van der Waals surface area contributed by atoms with Gasteiger partial charge >= 0.3 is 0 Å². The fourth-order valence-electron chi connectivity index (χ4n) is 2.00. The second kappa shape index (κ2) is 5.40. The van der Waals surface area contributed by atoms with Crippen molar-refractivity contribution in [3.63, 3.8) is 0 Å². The summed E-state index contributed by atoms with van der Waals surface area (Å²) >= 11 is 0. The molecule has 1 saturated carbocycles. The van der Waals surface area contributed by atoms with E-state index in [-0.39, 0.29) is 18.4 Å². The van der Waals surface area contributed by atoms with E-state index in [1.54, 1.807) is 18.2 Å². The van der Waals surface area contributed by atoms with E-state index >= 15 is 0 Å². The fraction of sp³-hybridized carbons (Fsp3) is 0.500. The molecule has 0 aromatic heterocycles. The molecule has 0 radical (unpaired) electrons. The smallest absolute Gasteiger partial charge is 0.227 e. The van der Waals surface area contributed by atoms with Crippen LogP contribution in [0.1, 0.15) is 25.8 Å². The Kier molecular flexibility index (Phi) is 3.87. The van der Waals surface area contributed by atoms with E-state index in [0.717, 1.165) is 6.42 Å². The molecule has 0 spiro atoms. The summed E-state index contributed by atoms with van der Waals surface area (Å²) in [7, 11) is 0. The Morgan fingerprint density at radius 2 is 2.28 bits per heavy atom. The summed E-state index contributed by atoms with van der Waals surface area (Å²) in [6.07, 6.45) is 0.968. The number of benzene rings is 1. The summed E-state index contributed by atoms with van der Waals surface area (Å²) in [5, 5.41) is 12.1. The second-order valence-corrected chi connectivity index (χ2v) is 4.72. The molecule has 2 unspecified atom stereocenters. The highest BCUT2D eigenvalue weighted by Gasteiger charge is 2.39. The number of nitrogens with one attached hydrogen (secondary N) is 1. The van der Waals surface area contributed by atoms with Gasteiger partial charge in [0.1, 0.15) is 5.75 Å². The van der Waals surface area contributed by atoms with Gasteiger partial charge in [0.25, 0.3) is 0 Å². The quantitative estimate of drug-likeness (QED) is 0.840. The minimum absolute atomic E-state index is 0.0653. The van der Waals surface area contributed by atoms with Crippen LogP contribution in [0.15, 0.2) is 18.2 Å². The average Bonchev–Trinajstić information content (AvgIpc) is 3.09. The molecule has 0 aliphatic heterocycles. The number of aliphatic hydroxyl groups excluding tert-OH is 1. The van der Waals surface area contributed by atoms with Gasteiger partial charge in [0.15, 0.2) is 0 Å². The average molecular weight is 249 g/mol. The highest BCUT2D eigenvalue weighted by Crippen LogP contribution is 2.38. The van der Waals surface area contributed by atoms with Gasteiger partial charge < -0.3 is 15.2 Å². The minimum atomic E-state index is -0.0983. The molecule has 1 aromatic carbocycles. The summed E-state index contributed by atoms with van der Waals surface area (Å²) in [5.74, 6) is 1.37. The van der Waals surface area contributed by atoms with Crippen molar-refractivity contribution in [2.45, 2.75) is 26.9 Å². The zero-order valence-corrected chi connectivity index (χ0v) is 10.8. The Morgan fingerprint density at radius 3 is 2.83 bits per heavy atom. The zero-order chi connectivity index (χ0) is 13.1. The largest absolute Gasteiger partial charge is 0.494 e. The van der Waals surface area contributed by atoms with Crippen molar-refractivity contribution in [1.82, 2.24) is 0 Å². The SMILES string of the molecule is CCOc1ccc(NC(=O)C2CC2C)cc1CO. The third-order valence-corrected chi connectivity index (χ3v) is 3.24. The van der Waals surface area contributed by atoms with Crippen LogP contribution in [-0.4, -0.2) is 17.6 Å². The molecule has 1 aromatic rings. The molecular weight excluding hydrogens is 230 g/mol. The number of carbonyl (C=O) groups is 1. The summed E-state index contributed by atoms with van der Waals surface area (Å²) < 4.78 is 5.39. The van der Waals surface area contributed by atoms with Gasteiger partial charge in [0.2, 0.25) is 5.91 Å². The maximum absolute atomic E-state index is 11.8. The Labute approximate surface area is 107 Å². The Bertz CT molecular complexity index is 445. The van der Waals surface area contributed by atoms with Gasteiger partial charge in [0.05, 0.1) is 13.2 Å². The molecule has 1 fully saturated rings. The van der Waals surface area contributed by atoms with Crippen LogP contribution in [0.25, 0.3) is 0 Å². The molecule has 0 bridgehead atoms. The second-order valence-electron chi connectivity index (χ2n) is 4.72. The summed E-state index contributed by atoms with van der Waals surface area (Å²) in [5.41, 5.74) is 1.41. The van der Waals surface area contributed by atoms with Crippen LogP contribution >= 0.6 is 0 Å². The molecule has 1 aliphatic carbocycles. The lowest BCUT2D eigenvalue weighted by Gasteiger charge is -2.11. The number of rotatable bonds is 5. The van der Waals surface area contributed by atoms with E-state index in [2.05, 4.69) is 12.2 Å². The lowest BCUT2D eigenvalue weighted by molar-refractivity contribution is -0.117. The third kappa shape index (κ3) is 2.82. The lowest BCUT2D eigenvalue weighted by Crippen LogP contribution is -2.14. The standard InChI is InChI=1S/C14H19NO3/c1-3-18-13-5-4-11(7-10(13)8-16)15-14(17)12-6-9(12)2/h4-5,7,9,12,16H,3,6,8H2,1-2H3,(H,15,17). The van der Waals surface area contributed by atoms with Gasteiger partial charge in [-0.1, -0.05) is 6.92 Å². The predicted octanol–water partition coefficient (Wildman–Crippen LogP) is 2.17. The normalized spacial score (nSPS) is 21.5. The number of carbonyl (C=O) groups excluding carboxylic acids is 1. The number of hydrogen-bond acceptors (Lipinski definition) is 3. The highest BCUT2D eigenvalue weighted by molar-refractivity contribution is 5.94. The first-order valence-electron chi connectivity index (χ1n) is 6.33. The molecule has 18 heavy (non-hydrogen) atoms. The number of ether oxygens (including phenoxy) is 1. The molecule has 0 saturated heterocycles. The van der Waals surface area contributed by atoms with Crippen molar-refractivity contribution in [3.05, 3.63) is 23.8 Å². The number of aliphatic hydroxyl groups is 1. The molecule has 1 aliphatic rings. The molecule has 2 N–H and O–H groups in total. The number of hydrogen-bond donors (Lipinski definition) is 2. The molecule has 0 heterocycles. The first-order chi connectivity index (χ1) is 8.65. The molecule has 4 nitrogen and oxygen atoms in total. The van der Waals surface area contributed by atoms with Crippen LogP contribution in [0.4, 0.5) is 5.69 Å². The van der Waals surface area contributed by atoms with E-state index in [1.165, 1.54) is 0 Å². The number of amides is 1. The Morgan fingerprint density at radius 1 is 1.56 bits per heavy atom. The van der Waals surface area contributed by atoms with E-state index in [0.29, 0.717) is 29.5 Å². The first kappa shape index (κ1) is 12.9. The monoisotopic (exact) mass is 249 g/mol. The molecule has 2 rings (SSSR count). The van der Waals surface area contributed by atoms with Gasteiger partial charge in [-0.15, -0.1) is 0 Å². The maximum Gasteiger partial charge on any atom is 0.227 e. The molecule has 2 atom stereocenters. The van der Waals surface area contributed by atoms with E-state index in [1.807, 2.05) is 6.92 Å². The number of anilines is 1. The van der Waals surface area contributed by atoms with Gasteiger partial charge in [-0.2, -0.15) is 0 Å². The molecular formula is C14H19NO3. The van der Waals surface area contributed by atoms with Crippen LogP contribution in [0, 0.1) is 11.8 Å². The fourth-order valence-corrected chi connectivity index (χ4v) is 2.00. The molecule has 4 heteroatoms. The van der Waals surface area contributed by atoms with Crippen molar-refractivity contribution < 1.29 is 14.6 Å². The van der Waals surface area contributed by atoms with Gasteiger partial charge in [-0.25, -0.2) is 0 Å². The van der Waals surface area contributed by atoms with Crippen LogP contribution in [-0.2, 0) is 11.4 Å². The van der Waals surface area contributed by atoms with Crippen molar-refractivity contribution in [2.75, 3.05) is 11.9 Å². The van der Waals surface area contributed by atoms with Crippen LogP contribution < -0.4 is 10.1 Å². The van der Waals surface area contributed by atoms with Crippen molar-refractivity contribution in [1.29, 1.82) is 0 Å². The first-order valence-corrected chi connectivity index (χ1v) is 6.33. The minimum Gasteiger partial charge on any atom is -0.494 e. The van der Waals surface area contributed by atoms with Crippen LogP contribution in [0.3, 0.4) is 0 Å². The van der Waals surface area contributed by atoms with Crippen LogP contribution in [0.2, 0.25) is 0 Å². The van der Waals surface area contributed by atoms with Gasteiger partial charge in [-0.05, 0) is 37.5 Å². The summed E-state index contributed by atoms with van der Waals surface area (Å²) in [4.78, 5) is 11.8. The highest BCUT2D eigenvalue weighted by atomic mass is 16.5. The maximum atomic E-state index is 11.8. The zero-order valence-electron chi connectivity index (χ0n) is 10.8. The molecule has 1 amide bonds. The van der Waals surface area contributed by atoms with Gasteiger partial charge in [0, 0.05) is 17.2 Å². The van der Waals surface area contributed by atoms with Crippen molar-refractivity contribution >= 4 is 11.6 Å². The van der Waals surface area contributed by atoms with E-state index in [9.17, 15) is 9.90 Å². The van der Waals surface area contributed by atoms with Crippen LogP contribution in [0.5, 0.6) is 5.75 Å². The van der Waals surface area contributed by atoms with E-state index < -0.39 is 0 Å². The Hall–Kier alpha value is -1.55. The lowest BCUT2D eigenvalue weighted by atomic mass is 10.2. The summed E-state index contributed by atoms with van der Waals surface area (Å²) in [6.45, 7) is 4.42. The van der Waals surface area contributed by atoms with Crippen molar-refractivity contribution in [3.8, 4) is 5.75 Å². The van der Waals surface area contributed by atoms with E-state index in [4.69, 9.17) is 4.74 Å². The summed E-state index contributed by atoms with van der Waals surface area (Å²) in [6, 6.07) is 5.34. The molecule has 98 valence electrons. The third-order valence-electron chi connectivity index (χ3n) is 3.24. The topological polar surface area (TPSA) is 58.6 Å². The Balaban J connectivity index is 2.07. The van der Waals surface area contributed by atoms with Crippen molar-refractivity contribution in [2.24, 2.45) is 11.8 Å². The predicted molar refractivity (Wildman–Crippen MR) is 69.4 cm³/mol.